The second-order valence-electron chi connectivity index (χ2n) is 10.5. The summed E-state index contributed by atoms with van der Waals surface area (Å²) in [5.74, 6) is 2.84. The third-order valence-corrected chi connectivity index (χ3v) is 8.27. The fourth-order valence-corrected chi connectivity index (χ4v) is 7.21. The molecule has 1 heterocycles. The molecule has 1 aromatic heterocycles. The standard InChI is InChI=1S/C27H30N4O3/c1-34-22-6-4-5-18(12-22)16-30(27-13-19-9-20(14-27)11-21(10-19)15-27)25(32)17-31-26(33)23-7-2-3-8-24(23)28-29-31/h2-8,12,19-21H,9-11,13-17H2,1H3. The van der Waals surface area contributed by atoms with Crippen molar-refractivity contribution in [2.75, 3.05) is 7.11 Å². The fourth-order valence-electron chi connectivity index (χ4n) is 7.21. The van der Waals surface area contributed by atoms with Crippen molar-refractivity contribution in [1.82, 2.24) is 19.9 Å². The van der Waals surface area contributed by atoms with Crippen LogP contribution in [0.25, 0.3) is 10.9 Å². The molecule has 7 rings (SSSR count). The lowest BCUT2D eigenvalue weighted by atomic mass is 9.52. The van der Waals surface area contributed by atoms with E-state index in [0.717, 1.165) is 30.6 Å². The number of carbonyl (C=O) groups excluding carboxylic acids is 1. The first-order valence-electron chi connectivity index (χ1n) is 12.3. The summed E-state index contributed by atoms with van der Waals surface area (Å²) >= 11 is 0. The number of amides is 1. The van der Waals surface area contributed by atoms with Gasteiger partial charge in [0.1, 0.15) is 17.8 Å². The molecule has 4 saturated carbocycles. The molecule has 176 valence electrons. The van der Waals surface area contributed by atoms with E-state index in [4.69, 9.17) is 4.74 Å². The van der Waals surface area contributed by atoms with E-state index in [2.05, 4.69) is 15.2 Å². The van der Waals surface area contributed by atoms with Crippen molar-refractivity contribution in [1.29, 1.82) is 0 Å². The van der Waals surface area contributed by atoms with Crippen LogP contribution < -0.4 is 10.3 Å². The zero-order valence-corrected chi connectivity index (χ0v) is 19.5. The lowest BCUT2D eigenvalue weighted by Crippen LogP contribution is -2.61. The molecule has 0 radical (unpaired) electrons. The Labute approximate surface area is 198 Å². The Bertz CT molecular complexity index is 1260. The topological polar surface area (TPSA) is 77.3 Å². The summed E-state index contributed by atoms with van der Waals surface area (Å²) in [6.07, 6.45) is 7.09. The highest BCUT2D eigenvalue weighted by Crippen LogP contribution is 2.58. The van der Waals surface area contributed by atoms with Crippen LogP contribution in [0.5, 0.6) is 5.75 Å². The Balaban J connectivity index is 1.35. The predicted octanol–water partition coefficient (Wildman–Crippen LogP) is 3.80. The van der Waals surface area contributed by atoms with E-state index in [0.29, 0.717) is 35.2 Å². The largest absolute Gasteiger partial charge is 0.497 e. The Morgan fingerprint density at radius 3 is 2.47 bits per heavy atom. The molecule has 7 heteroatoms. The third-order valence-electron chi connectivity index (χ3n) is 8.27. The molecule has 1 amide bonds. The number of fused-ring (bicyclic) bond motifs is 1. The molecule has 3 aromatic rings. The highest BCUT2D eigenvalue weighted by Gasteiger charge is 2.54. The Morgan fingerprint density at radius 2 is 1.76 bits per heavy atom. The lowest BCUT2D eigenvalue weighted by Gasteiger charge is -2.60. The maximum Gasteiger partial charge on any atom is 0.278 e. The van der Waals surface area contributed by atoms with Gasteiger partial charge >= 0.3 is 0 Å². The van der Waals surface area contributed by atoms with Gasteiger partial charge in [0.25, 0.3) is 5.56 Å². The minimum Gasteiger partial charge on any atom is -0.497 e. The van der Waals surface area contributed by atoms with Gasteiger partial charge in [-0.15, -0.1) is 5.10 Å². The molecule has 4 fully saturated rings. The first kappa shape index (κ1) is 21.3. The Hall–Kier alpha value is -3.22. The third kappa shape index (κ3) is 3.67. The van der Waals surface area contributed by atoms with Crippen LogP contribution in [0.4, 0.5) is 0 Å². The zero-order valence-electron chi connectivity index (χ0n) is 19.5. The van der Waals surface area contributed by atoms with Crippen molar-refractivity contribution in [3.05, 3.63) is 64.4 Å². The fraction of sp³-hybridized carbons (Fsp3) is 0.481. The highest BCUT2D eigenvalue weighted by atomic mass is 16.5. The minimum absolute atomic E-state index is 0.0588. The van der Waals surface area contributed by atoms with E-state index < -0.39 is 0 Å². The molecule has 0 N–H and O–H groups in total. The van der Waals surface area contributed by atoms with Crippen LogP contribution >= 0.6 is 0 Å². The summed E-state index contributed by atoms with van der Waals surface area (Å²) in [6, 6.07) is 15.1. The first-order chi connectivity index (χ1) is 16.5. The average Bonchev–Trinajstić information content (AvgIpc) is 2.83. The zero-order chi connectivity index (χ0) is 23.3. The summed E-state index contributed by atoms with van der Waals surface area (Å²) < 4.78 is 6.66. The van der Waals surface area contributed by atoms with Gasteiger partial charge in [0.05, 0.1) is 12.5 Å². The van der Waals surface area contributed by atoms with E-state index in [-0.39, 0.29) is 23.6 Å². The Morgan fingerprint density at radius 1 is 1.06 bits per heavy atom. The molecule has 4 aliphatic rings. The van der Waals surface area contributed by atoms with Crippen LogP contribution in [-0.4, -0.2) is 38.4 Å². The van der Waals surface area contributed by atoms with Crippen LogP contribution in [0.2, 0.25) is 0 Å². The first-order valence-corrected chi connectivity index (χ1v) is 12.3. The molecule has 2 aromatic carbocycles. The van der Waals surface area contributed by atoms with Crippen molar-refractivity contribution >= 4 is 16.8 Å². The van der Waals surface area contributed by atoms with E-state index in [9.17, 15) is 9.59 Å². The average molecular weight is 459 g/mol. The number of ether oxygens (including phenoxy) is 1. The molecule has 4 bridgehead atoms. The molecule has 4 aliphatic carbocycles. The summed E-state index contributed by atoms with van der Waals surface area (Å²) in [5.41, 5.74) is 1.18. The van der Waals surface area contributed by atoms with Gasteiger partial charge in [0.2, 0.25) is 5.91 Å². The number of methoxy groups -OCH3 is 1. The quantitative estimate of drug-likeness (QED) is 0.562. The molecular weight excluding hydrogens is 428 g/mol. The van der Waals surface area contributed by atoms with Crippen molar-refractivity contribution in [3.8, 4) is 5.75 Å². The number of rotatable bonds is 6. The van der Waals surface area contributed by atoms with E-state index in [1.165, 1.54) is 23.9 Å². The number of benzene rings is 2. The van der Waals surface area contributed by atoms with Gasteiger partial charge in [0.15, 0.2) is 0 Å². The second kappa shape index (κ2) is 8.22. The maximum atomic E-state index is 13.9. The number of aromatic nitrogens is 3. The summed E-state index contributed by atoms with van der Waals surface area (Å²) in [5, 5.41) is 8.76. The molecule has 0 saturated heterocycles. The highest BCUT2D eigenvalue weighted by molar-refractivity contribution is 5.79. The predicted molar refractivity (Wildman–Crippen MR) is 128 cm³/mol. The van der Waals surface area contributed by atoms with Crippen molar-refractivity contribution in [2.24, 2.45) is 17.8 Å². The number of nitrogens with zero attached hydrogens (tertiary/aromatic N) is 4. The van der Waals surface area contributed by atoms with Crippen LogP contribution in [-0.2, 0) is 17.9 Å². The molecule has 0 aliphatic heterocycles. The van der Waals surface area contributed by atoms with Gasteiger partial charge in [-0.3, -0.25) is 9.59 Å². The van der Waals surface area contributed by atoms with Crippen molar-refractivity contribution in [2.45, 2.75) is 57.2 Å². The van der Waals surface area contributed by atoms with Crippen LogP contribution in [0.15, 0.2) is 53.3 Å². The monoisotopic (exact) mass is 458 g/mol. The Kier molecular flexibility index (Phi) is 5.15. The van der Waals surface area contributed by atoms with Gasteiger partial charge in [-0.2, -0.15) is 0 Å². The van der Waals surface area contributed by atoms with Crippen LogP contribution in [0.3, 0.4) is 0 Å². The van der Waals surface area contributed by atoms with E-state index >= 15 is 0 Å². The van der Waals surface area contributed by atoms with Gasteiger partial charge in [-0.1, -0.05) is 29.5 Å². The normalized spacial score (nSPS) is 27.1. The van der Waals surface area contributed by atoms with Gasteiger partial charge in [0, 0.05) is 12.1 Å². The molecule has 7 nitrogen and oxygen atoms in total. The van der Waals surface area contributed by atoms with Crippen LogP contribution in [0.1, 0.15) is 44.1 Å². The molecule has 0 unspecified atom stereocenters. The number of hydrogen-bond acceptors (Lipinski definition) is 5. The molecule has 34 heavy (non-hydrogen) atoms. The van der Waals surface area contributed by atoms with Crippen LogP contribution in [0, 0.1) is 17.8 Å². The lowest BCUT2D eigenvalue weighted by molar-refractivity contribution is -0.153. The maximum absolute atomic E-state index is 13.9. The number of carbonyl (C=O) groups is 1. The number of hydrogen-bond donors (Lipinski definition) is 0. The van der Waals surface area contributed by atoms with E-state index in [1.807, 2.05) is 36.4 Å². The minimum atomic E-state index is -0.272. The van der Waals surface area contributed by atoms with E-state index in [1.54, 1.807) is 19.2 Å². The van der Waals surface area contributed by atoms with Gasteiger partial charge in [-0.05, 0) is 86.1 Å². The van der Waals surface area contributed by atoms with Gasteiger partial charge < -0.3 is 9.64 Å². The van der Waals surface area contributed by atoms with Crippen molar-refractivity contribution in [3.63, 3.8) is 0 Å². The smallest absolute Gasteiger partial charge is 0.278 e. The second-order valence-corrected chi connectivity index (χ2v) is 10.5. The summed E-state index contributed by atoms with van der Waals surface area (Å²) in [6.45, 7) is 0.417. The summed E-state index contributed by atoms with van der Waals surface area (Å²) in [4.78, 5) is 29.1. The summed E-state index contributed by atoms with van der Waals surface area (Å²) in [7, 11) is 1.66. The van der Waals surface area contributed by atoms with Crippen molar-refractivity contribution < 1.29 is 9.53 Å². The molecule has 0 spiro atoms. The SMILES string of the molecule is COc1cccc(CN(C(=O)Cn2nnc3ccccc3c2=O)C23CC4CC(CC(C4)C2)C3)c1. The molecular formula is C27H30N4O3. The molecule has 0 atom stereocenters. The van der Waals surface area contributed by atoms with Gasteiger partial charge in [-0.25, -0.2) is 4.68 Å².